The van der Waals surface area contributed by atoms with E-state index in [1.165, 1.54) is 24.8 Å². The van der Waals surface area contributed by atoms with E-state index < -0.39 is 11.9 Å². The van der Waals surface area contributed by atoms with Gasteiger partial charge >= 0.3 is 0 Å². The number of aromatic nitrogens is 9. The number of amides is 1. The van der Waals surface area contributed by atoms with Crippen LogP contribution in [0.15, 0.2) is 61.6 Å². The number of fused-ring (bicyclic) bond motifs is 6. The Labute approximate surface area is 268 Å². The Hall–Kier alpha value is -5.57. The first kappa shape index (κ1) is 28.9. The normalized spacial score (nSPS) is 20.0. The minimum atomic E-state index is -0.544. The van der Waals surface area contributed by atoms with Crippen LogP contribution in [0.4, 0.5) is 16.0 Å². The van der Waals surface area contributed by atoms with Gasteiger partial charge in [0.05, 0.1) is 53.4 Å². The molecule has 3 atom stereocenters. The van der Waals surface area contributed by atoms with Crippen molar-refractivity contribution in [3.8, 4) is 16.9 Å². The number of nitrogens with one attached hydrogen (secondary N) is 1. The van der Waals surface area contributed by atoms with E-state index in [-0.39, 0.29) is 18.1 Å². The second kappa shape index (κ2) is 11.3. The van der Waals surface area contributed by atoms with Crippen molar-refractivity contribution in [2.45, 2.75) is 38.1 Å². The van der Waals surface area contributed by atoms with Gasteiger partial charge in [0.2, 0.25) is 5.91 Å². The summed E-state index contributed by atoms with van der Waals surface area (Å²) in [5, 5.41) is 8.79. The minimum Gasteiger partial charge on any atom is -0.378 e. The molecule has 47 heavy (non-hydrogen) atoms. The Morgan fingerprint density at radius 3 is 2.70 bits per heavy atom. The summed E-state index contributed by atoms with van der Waals surface area (Å²) >= 11 is 0. The summed E-state index contributed by atoms with van der Waals surface area (Å²) in [5.41, 5.74) is 3.78. The molecule has 1 fully saturated rings. The highest BCUT2D eigenvalue weighted by Crippen LogP contribution is 2.34. The highest BCUT2D eigenvalue weighted by Gasteiger charge is 2.40. The molecule has 15 heteroatoms. The monoisotopic (exact) mass is 634 g/mol. The number of halogens is 1. The van der Waals surface area contributed by atoms with Crippen LogP contribution >= 0.6 is 0 Å². The van der Waals surface area contributed by atoms with Crippen LogP contribution in [0.25, 0.3) is 39.0 Å². The third kappa shape index (κ3) is 4.99. The van der Waals surface area contributed by atoms with Gasteiger partial charge in [0.25, 0.3) is 0 Å². The van der Waals surface area contributed by atoms with Gasteiger partial charge < -0.3 is 24.4 Å². The Kier molecular flexibility index (Phi) is 6.97. The van der Waals surface area contributed by atoms with E-state index in [0.29, 0.717) is 77.0 Å². The van der Waals surface area contributed by atoms with Gasteiger partial charge in [-0.3, -0.25) is 4.79 Å². The lowest BCUT2D eigenvalue weighted by molar-refractivity contribution is -0.132. The van der Waals surface area contributed by atoms with Gasteiger partial charge in [0.1, 0.15) is 47.7 Å². The summed E-state index contributed by atoms with van der Waals surface area (Å²) in [4.78, 5) is 45.0. The molecule has 5 aromatic heterocycles. The van der Waals surface area contributed by atoms with Crippen molar-refractivity contribution < 1.29 is 13.9 Å². The van der Waals surface area contributed by atoms with Crippen molar-refractivity contribution in [2.24, 2.45) is 0 Å². The number of carbonyl (C=O) groups is 1. The fourth-order valence-electron chi connectivity index (χ4n) is 6.76. The van der Waals surface area contributed by atoms with Crippen molar-refractivity contribution >= 4 is 39.6 Å². The minimum absolute atomic E-state index is 0.0708. The third-order valence-corrected chi connectivity index (χ3v) is 8.94. The molecule has 0 aliphatic carbocycles. The van der Waals surface area contributed by atoms with Gasteiger partial charge in [-0.1, -0.05) is 6.07 Å². The number of nitrogens with zero attached hydrogens (tertiary/aromatic N) is 11. The van der Waals surface area contributed by atoms with Gasteiger partial charge in [0, 0.05) is 44.9 Å². The first-order valence-electron chi connectivity index (χ1n) is 15.3. The quantitative estimate of drug-likeness (QED) is 0.307. The molecule has 2 aliphatic heterocycles. The van der Waals surface area contributed by atoms with Gasteiger partial charge in [-0.25, -0.2) is 39.0 Å². The second-order valence-electron chi connectivity index (χ2n) is 11.9. The number of likely N-dealkylation sites (N-methyl/N-ethyl adjacent to an activating group) is 1. The number of benzene rings is 1. The standard InChI is InChI=1S/C32H31FN12O2/c1-18-39-26-8-19(33)7-23-25-5-4-6-28(41-25)40-20-9-27(32(46)42(2)14-22(47-3)15-43(18)29(23)26)44(13-20)30-24-12-38-45(31(24)37-17-36-30)21-10-34-16-35-11-21/h4-8,10-12,16-17,20,22,27H,9,13-15H2,1-3H3,(H,40,41)/t20-,22-,27-/m0/s1. The average molecular weight is 635 g/mol. The van der Waals surface area contributed by atoms with Crippen molar-refractivity contribution in [3.05, 3.63) is 73.2 Å². The van der Waals surface area contributed by atoms with Crippen LogP contribution in [0.2, 0.25) is 0 Å². The van der Waals surface area contributed by atoms with Crippen LogP contribution in [0.3, 0.4) is 0 Å². The lowest BCUT2D eigenvalue weighted by Gasteiger charge is -2.30. The predicted octanol–water partition coefficient (Wildman–Crippen LogP) is 3.01. The molecule has 0 spiro atoms. The van der Waals surface area contributed by atoms with Gasteiger partial charge in [-0.15, -0.1) is 0 Å². The summed E-state index contributed by atoms with van der Waals surface area (Å²) in [6.07, 6.45) is 8.07. The molecule has 8 rings (SSSR count). The first-order chi connectivity index (χ1) is 22.9. The van der Waals surface area contributed by atoms with E-state index in [9.17, 15) is 9.18 Å². The van der Waals surface area contributed by atoms with Crippen LogP contribution in [0.5, 0.6) is 0 Å². The molecule has 1 saturated heterocycles. The average Bonchev–Trinajstić information content (AvgIpc) is 3.79. The van der Waals surface area contributed by atoms with Crippen molar-refractivity contribution in [1.29, 1.82) is 0 Å². The maximum Gasteiger partial charge on any atom is 0.245 e. The van der Waals surface area contributed by atoms with Gasteiger partial charge in [0.15, 0.2) is 5.65 Å². The molecule has 1 N–H and O–H groups in total. The summed E-state index contributed by atoms with van der Waals surface area (Å²) in [5.74, 6) is 1.46. The number of methoxy groups -OCH3 is 1. The highest BCUT2D eigenvalue weighted by atomic mass is 19.1. The summed E-state index contributed by atoms with van der Waals surface area (Å²) in [6, 6.07) is 7.86. The molecular weight excluding hydrogens is 603 g/mol. The maximum absolute atomic E-state index is 14.9. The number of anilines is 2. The predicted molar refractivity (Wildman–Crippen MR) is 172 cm³/mol. The number of rotatable bonds is 3. The zero-order chi connectivity index (χ0) is 32.2. The number of hydrogen-bond acceptors (Lipinski definition) is 11. The summed E-state index contributed by atoms with van der Waals surface area (Å²) in [6.45, 7) is 3.07. The Morgan fingerprint density at radius 1 is 1.02 bits per heavy atom. The number of aryl methyl sites for hydroxylation is 1. The lowest BCUT2D eigenvalue weighted by Crippen LogP contribution is -2.47. The molecule has 1 amide bonds. The first-order valence-corrected chi connectivity index (χ1v) is 15.3. The van der Waals surface area contributed by atoms with Crippen LogP contribution in [-0.2, 0) is 16.1 Å². The number of ether oxygens (including phenoxy) is 1. The van der Waals surface area contributed by atoms with Crippen LogP contribution in [0.1, 0.15) is 12.2 Å². The fraction of sp³-hybridized carbons (Fsp3) is 0.312. The second-order valence-corrected chi connectivity index (χ2v) is 11.9. The summed E-state index contributed by atoms with van der Waals surface area (Å²) in [7, 11) is 3.42. The molecule has 7 heterocycles. The molecule has 6 aromatic rings. The third-order valence-electron chi connectivity index (χ3n) is 8.94. The van der Waals surface area contributed by atoms with E-state index in [1.54, 1.807) is 42.3 Å². The van der Waals surface area contributed by atoms with Crippen molar-refractivity contribution in [1.82, 2.24) is 49.2 Å². The number of hydrogen-bond donors (Lipinski definition) is 1. The zero-order valence-electron chi connectivity index (χ0n) is 25.9. The van der Waals surface area contributed by atoms with Crippen LogP contribution in [-0.4, -0.2) is 100 Å². The Balaban J connectivity index is 1.23. The van der Waals surface area contributed by atoms with Crippen LogP contribution in [0, 0.1) is 12.7 Å². The van der Waals surface area contributed by atoms with Gasteiger partial charge in [-0.2, -0.15) is 5.10 Å². The fourth-order valence-corrected chi connectivity index (χ4v) is 6.76. The molecule has 1 aromatic carbocycles. The van der Waals surface area contributed by atoms with E-state index in [0.717, 1.165) is 5.52 Å². The summed E-state index contributed by atoms with van der Waals surface area (Å²) < 4.78 is 24.5. The smallest absolute Gasteiger partial charge is 0.245 e. The maximum atomic E-state index is 14.9. The molecule has 4 bridgehead atoms. The molecule has 0 saturated carbocycles. The largest absolute Gasteiger partial charge is 0.378 e. The number of imidazole rings is 1. The SMILES string of the molecule is CO[C@H]1CN(C)C(=O)[C@@H]2C[C@@H](CN2c2ncnc3c2cnn3-c2cncnc2)Nc2cccc(n2)-c2cc(F)cc3nc(C)n(c23)C1. The Morgan fingerprint density at radius 2 is 1.87 bits per heavy atom. The van der Waals surface area contributed by atoms with E-state index >= 15 is 0 Å². The molecule has 0 radical (unpaired) electrons. The molecule has 0 unspecified atom stereocenters. The van der Waals surface area contributed by atoms with E-state index in [1.807, 2.05) is 34.6 Å². The molecule has 14 nitrogen and oxygen atoms in total. The van der Waals surface area contributed by atoms with E-state index in [4.69, 9.17) is 9.72 Å². The molecule has 238 valence electrons. The molecule has 2 aliphatic rings. The van der Waals surface area contributed by atoms with Crippen LogP contribution < -0.4 is 10.2 Å². The zero-order valence-corrected chi connectivity index (χ0v) is 25.9. The highest BCUT2D eigenvalue weighted by molar-refractivity contribution is 5.93. The lowest BCUT2D eigenvalue weighted by atomic mass is 10.1. The number of carbonyl (C=O) groups excluding carboxylic acids is 1. The topological polar surface area (TPSA) is 145 Å². The van der Waals surface area contributed by atoms with Gasteiger partial charge in [-0.05, 0) is 31.5 Å². The van der Waals surface area contributed by atoms with Crippen molar-refractivity contribution in [2.75, 3.05) is 37.5 Å². The Bertz CT molecular complexity index is 2130. The van der Waals surface area contributed by atoms with Crippen molar-refractivity contribution in [3.63, 3.8) is 0 Å². The molecular formula is C32H31FN12O2. The van der Waals surface area contributed by atoms with E-state index in [2.05, 4.69) is 35.3 Å². The number of pyridine rings is 1.